The average molecular weight is 485 g/mol. The van der Waals surface area contributed by atoms with E-state index in [1.165, 1.54) is 4.31 Å². The fraction of sp³-hybridized carbons (Fsp3) is 0.333. The molecule has 1 unspecified atom stereocenters. The second kappa shape index (κ2) is 8.93. The molecule has 2 aliphatic rings. The fourth-order valence-corrected chi connectivity index (χ4v) is 6.27. The number of hydrogen-bond acceptors (Lipinski definition) is 5. The molecule has 2 saturated heterocycles. The van der Waals surface area contributed by atoms with Crippen LogP contribution in [-0.4, -0.2) is 67.8 Å². The Labute approximate surface area is 198 Å². The van der Waals surface area contributed by atoms with Gasteiger partial charge in [0, 0.05) is 55.8 Å². The van der Waals surface area contributed by atoms with Crippen molar-refractivity contribution in [3.63, 3.8) is 0 Å². The molecule has 0 bridgehead atoms. The Kier molecular flexibility index (Phi) is 5.99. The number of piperazine rings is 1. The van der Waals surface area contributed by atoms with Crippen molar-refractivity contribution in [1.29, 1.82) is 0 Å². The van der Waals surface area contributed by atoms with Gasteiger partial charge in [0.2, 0.25) is 15.9 Å². The Balaban J connectivity index is 1.23. The van der Waals surface area contributed by atoms with Gasteiger partial charge in [-0.2, -0.15) is 4.31 Å². The van der Waals surface area contributed by atoms with Crippen molar-refractivity contribution in [2.75, 3.05) is 44.2 Å². The molecule has 9 heteroatoms. The smallest absolute Gasteiger partial charge is 0.243 e. The lowest BCUT2D eigenvalue weighted by Gasteiger charge is -2.35. The zero-order valence-electron chi connectivity index (χ0n) is 18.1. The van der Waals surface area contributed by atoms with Crippen LogP contribution >= 0.6 is 11.6 Å². The van der Waals surface area contributed by atoms with Crippen LogP contribution in [0.2, 0.25) is 5.02 Å². The molecule has 2 aliphatic heterocycles. The largest absolute Gasteiger partial charge is 0.371 e. The maximum Gasteiger partial charge on any atom is 0.243 e. The molecule has 1 aromatic heterocycles. The van der Waals surface area contributed by atoms with Gasteiger partial charge < -0.3 is 9.80 Å². The average Bonchev–Trinajstić information content (AvgIpc) is 3.29. The molecule has 172 valence electrons. The number of carbonyl (C=O) groups is 1. The molecule has 0 radical (unpaired) electrons. The summed E-state index contributed by atoms with van der Waals surface area (Å²) >= 11 is 6.03. The number of rotatable bonds is 5. The number of carbonyl (C=O) groups excluding carboxylic acids is 1. The molecule has 3 heterocycles. The van der Waals surface area contributed by atoms with Crippen LogP contribution in [0.3, 0.4) is 0 Å². The maximum atomic E-state index is 13.2. The van der Waals surface area contributed by atoms with E-state index < -0.39 is 10.0 Å². The van der Waals surface area contributed by atoms with Crippen molar-refractivity contribution >= 4 is 44.0 Å². The Morgan fingerprint density at radius 1 is 0.970 bits per heavy atom. The summed E-state index contributed by atoms with van der Waals surface area (Å²) in [4.78, 5) is 21.2. The second-order valence-electron chi connectivity index (χ2n) is 8.64. The van der Waals surface area contributed by atoms with E-state index in [1.807, 2.05) is 17.0 Å². The number of anilines is 1. The lowest BCUT2D eigenvalue weighted by Crippen LogP contribution is -2.53. The normalized spacial score (nSPS) is 20.0. The van der Waals surface area contributed by atoms with Crippen LogP contribution in [0.25, 0.3) is 10.8 Å². The Bertz CT molecular complexity index is 1290. The number of hydrogen-bond donors (Lipinski definition) is 0. The van der Waals surface area contributed by atoms with Gasteiger partial charge in [-0.3, -0.25) is 9.78 Å². The Morgan fingerprint density at radius 2 is 1.73 bits per heavy atom. The van der Waals surface area contributed by atoms with Crippen molar-refractivity contribution in [2.45, 2.75) is 11.3 Å². The number of aromatic nitrogens is 1. The summed E-state index contributed by atoms with van der Waals surface area (Å²) in [6.45, 7) is 3.08. The van der Waals surface area contributed by atoms with Crippen LogP contribution < -0.4 is 4.90 Å². The minimum atomic E-state index is -3.75. The number of sulfonamides is 1. The maximum absolute atomic E-state index is 13.2. The van der Waals surface area contributed by atoms with E-state index in [2.05, 4.69) is 9.88 Å². The first-order valence-corrected chi connectivity index (χ1v) is 12.8. The van der Waals surface area contributed by atoms with Crippen LogP contribution in [0, 0.1) is 5.92 Å². The molecule has 1 atom stereocenters. The third kappa shape index (κ3) is 4.55. The molecular formula is C24H25ClN4O3S. The summed E-state index contributed by atoms with van der Waals surface area (Å²) < 4.78 is 27.7. The van der Waals surface area contributed by atoms with E-state index in [4.69, 9.17) is 11.6 Å². The number of halogens is 1. The highest BCUT2D eigenvalue weighted by molar-refractivity contribution is 7.89. The zero-order chi connectivity index (χ0) is 23.0. The summed E-state index contributed by atoms with van der Waals surface area (Å²) in [6.07, 6.45) is 4.59. The van der Waals surface area contributed by atoms with Crippen molar-refractivity contribution in [1.82, 2.24) is 14.2 Å². The quantitative estimate of drug-likeness (QED) is 0.555. The molecular weight excluding hydrogens is 460 g/mol. The van der Waals surface area contributed by atoms with Gasteiger partial charge in [0.1, 0.15) is 0 Å². The van der Waals surface area contributed by atoms with Crippen molar-refractivity contribution in [2.24, 2.45) is 5.92 Å². The molecule has 0 spiro atoms. The lowest BCUT2D eigenvalue weighted by molar-refractivity contribution is -0.134. The SMILES string of the molecule is O=C1CN(S(=O)(=O)c2ccc3cc(Cl)ccc3c2)CCN1CC1CCN(c2ccncc2)C1. The number of benzene rings is 2. The van der Waals surface area contributed by atoms with E-state index >= 15 is 0 Å². The minimum absolute atomic E-state index is 0.123. The van der Waals surface area contributed by atoms with Crippen molar-refractivity contribution in [3.8, 4) is 0 Å². The predicted molar refractivity (Wildman–Crippen MR) is 129 cm³/mol. The summed E-state index contributed by atoms with van der Waals surface area (Å²) in [5.41, 5.74) is 1.15. The first-order chi connectivity index (χ1) is 15.9. The van der Waals surface area contributed by atoms with Gasteiger partial charge in [-0.25, -0.2) is 8.42 Å². The number of fused-ring (bicyclic) bond motifs is 1. The van der Waals surface area contributed by atoms with Crippen LogP contribution in [-0.2, 0) is 14.8 Å². The Morgan fingerprint density at radius 3 is 2.52 bits per heavy atom. The van der Waals surface area contributed by atoms with Gasteiger partial charge >= 0.3 is 0 Å². The monoisotopic (exact) mass is 484 g/mol. The highest BCUT2D eigenvalue weighted by atomic mass is 35.5. The van der Waals surface area contributed by atoms with Gasteiger partial charge in [-0.1, -0.05) is 23.7 Å². The third-order valence-corrected chi connectivity index (χ3v) is 8.56. The molecule has 0 saturated carbocycles. The molecule has 0 N–H and O–H groups in total. The molecule has 33 heavy (non-hydrogen) atoms. The highest BCUT2D eigenvalue weighted by Crippen LogP contribution is 2.27. The van der Waals surface area contributed by atoms with Crippen molar-refractivity contribution < 1.29 is 13.2 Å². The topological polar surface area (TPSA) is 73.8 Å². The van der Waals surface area contributed by atoms with E-state index in [9.17, 15) is 13.2 Å². The summed E-state index contributed by atoms with van der Waals surface area (Å²) in [7, 11) is -3.75. The van der Waals surface area contributed by atoms with Crippen LogP contribution in [0.15, 0.2) is 65.8 Å². The van der Waals surface area contributed by atoms with Crippen LogP contribution in [0.4, 0.5) is 5.69 Å². The van der Waals surface area contributed by atoms with Gasteiger partial charge in [0.05, 0.1) is 11.4 Å². The molecule has 2 aromatic carbocycles. The number of nitrogens with zero attached hydrogens (tertiary/aromatic N) is 4. The number of pyridine rings is 1. The standard InChI is InChI=1S/C24H25ClN4O3S/c25-21-3-1-20-14-23(4-2-19(20)13-21)33(31,32)29-12-11-28(24(30)17-29)16-18-7-10-27(15-18)22-5-8-26-9-6-22/h1-6,8-9,13-14,18H,7,10-12,15-17H2. The molecule has 1 amide bonds. The fourth-order valence-electron chi connectivity index (χ4n) is 4.67. The van der Waals surface area contributed by atoms with E-state index in [0.29, 0.717) is 30.6 Å². The highest BCUT2D eigenvalue weighted by Gasteiger charge is 2.35. The van der Waals surface area contributed by atoms with Gasteiger partial charge in [-0.15, -0.1) is 0 Å². The zero-order valence-corrected chi connectivity index (χ0v) is 19.7. The molecule has 7 nitrogen and oxygen atoms in total. The summed E-state index contributed by atoms with van der Waals surface area (Å²) in [5, 5.41) is 2.27. The molecule has 3 aromatic rings. The number of amides is 1. The summed E-state index contributed by atoms with van der Waals surface area (Å²) in [5.74, 6) is 0.234. The van der Waals surface area contributed by atoms with Gasteiger partial charge in [-0.05, 0) is 59.5 Å². The molecule has 5 rings (SSSR count). The third-order valence-electron chi connectivity index (χ3n) is 6.49. The van der Waals surface area contributed by atoms with Crippen LogP contribution in [0.1, 0.15) is 6.42 Å². The molecule has 0 aliphatic carbocycles. The van der Waals surface area contributed by atoms with Gasteiger partial charge in [0.25, 0.3) is 0 Å². The summed E-state index contributed by atoms with van der Waals surface area (Å²) in [6, 6.07) is 14.3. The first kappa shape index (κ1) is 22.1. The van der Waals surface area contributed by atoms with E-state index in [0.717, 1.165) is 36.0 Å². The lowest BCUT2D eigenvalue weighted by atomic mass is 10.1. The predicted octanol–water partition coefficient (Wildman–Crippen LogP) is 3.25. The van der Waals surface area contributed by atoms with E-state index in [-0.39, 0.29) is 17.3 Å². The Hall–Kier alpha value is -2.68. The first-order valence-electron chi connectivity index (χ1n) is 11.0. The van der Waals surface area contributed by atoms with Crippen LogP contribution in [0.5, 0.6) is 0 Å². The van der Waals surface area contributed by atoms with Crippen molar-refractivity contribution in [3.05, 3.63) is 65.9 Å². The van der Waals surface area contributed by atoms with E-state index in [1.54, 1.807) is 48.8 Å². The molecule has 2 fully saturated rings. The minimum Gasteiger partial charge on any atom is -0.371 e. The second-order valence-corrected chi connectivity index (χ2v) is 11.0. The van der Waals surface area contributed by atoms with Gasteiger partial charge in [0.15, 0.2) is 0 Å².